The van der Waals surface area contributed by atoms with Crippen molar-refractivity contribution in [1.29, 1.82) is 0 Å². The van der Waals surface area contributed by atoms with Gasteiger partial charge in [-0.1, -0.05) is 83.9 Å². The van der Waals surface area contributed by atoms with E-state index in [4.69, 9.17) is 28.2 Å². The minimum absolute atomic E-state index is 0.346. The molecule has 112 valence electrons. The molecule has 0 radical (unpaired) electrons. The SMILES string of the molecule is Clc1cc(Cl)n2c(-c3ccccc3)nc(-c3ccccc3)c2n1. The average Bonchev–Trinajstić information content (AvgIpc) is 2.96. The van der Waals surface area contributed by atoms with Crippen LogP contribution in [0.4, 0.5) is 0 Å². The largest absolute Gasteiger partial charge is 0.266 e. The first-order valence-electron chi connectivity index (χ1n) is 7.09. The van der Waals surface area contributed by atoms with E-state index in [1.165, 1.54) is 0 Å². The van der Waals surface area contributed by atoms with E-state index < -0.39 is 0 Å². The van der Waals surface area contributed by atoms with Gasteiger partial charge < -0.3 is 0 Å². The van der Waals surface area contributed by atoms with Crippen LogP contribution in [0.3, 0.4) is 0 Å². The van der Waals surface area contributed by atoms with E-state index in [-0.39, 0.29) is 0 Å². The number of benzene rings is 2. The number of imidazole rings is 1. The summed E-state index contributed by atoms with van der Waals surface area (Å²) in [6, 6.07) is 21.4. The fourth-order valence-corrected chi connectivity index (χ4v) is 3.09. The monoisotopic (exact) mass is 339 g/mol. The van der Waals surface area contributed by atoms with E-state index in [1.54, 1.807) is 6.07 Å². The van der Waals surface area contributed by atoms with Gasteiger partial charge in [0.15, 0.2) is 5.65 Å². The Labute approximate surface area is 143 Å². The normalized spacial score (nSPS) is 11.0. The van der Waals surface area contributed by atoms with Crippen LogP contribution in [0.1, 0.15) is 0 Å². The molecule has 0 bridgehead atoms. The molecule has 0 amide bonds. The molecule has 0 unspecified atom stereocenters. The summed E-state index contributed by atoms with van der Waals surface area (Å²) in [6.45, 7) is 0. The molecule has 2 heterocycles. The molecule has 0 aliphatic heterocycles. The lowest BCUT2D eigenvalue weighted by Gasteiger charge is -2.04. The zero-order valence-electron chi connectivity index (χ0n) is 11.9. The maximum absolute atomic E-state index is 6.42. The molecule has 0 fully saturated rings. The van der Waals surface area contributed by atoms with Gasteiger partial charge in [-0.3, -0.25) is 4.40 Å². The lowest BCUT2D eigenvalue weighted by molar-refractivity contribution is 1.12. The molecular formula is C18H11Cl2N3. The van der Waals surface area contributed by atoms with Crippen molar-refractivity contribution in [2.24, 2.45) is 0 Å². The third-order valence-electron chi connectivity index (χ3n) is 3.60. The van der Waals surface area contributed by atoms with Gasteiger partial charge in [0.2, 0.25) is 0 Å². The number of nitrogens with zero attached hydrogens (tertiary/aromatic N) is 3. The molecule has 2 aromatic carbocycles. The van der Waals surface area contributed by atoms with Crippen molar-refractivity contribution >= 4 is 28.8 Å². The second-order valence-electron chi connectivity index (χ2n) is 5.08. The van der Waals surface area contributed by atoms with E-state index in [2.05, 4.69) is 4.98 Å². The standard InChI is InChI=1S/C18H11Cl2N3/c19-14-11-15(20)23-17(13-9-5-2-6-10-13)22-16(18(23)21-14)12-7-3-1-4-8-12/h1-11H. The fraction of sp³-hybridized carbons (Fsp3) is 0. The molecular weight excluding hydrogens is 329 g/mol. The van der Waals surface area contributed by atoms with Crippen molar-refractivity contribution in [3.63, 3.8) is 0 Å². The molecule has 0 N–H and O–H groups in total. The van der Waals surface area contributed by atoms with Gasteiger partial charge in [0.1, 0.15) is 21.8 Å². The number of halogens is 2. The Kier molecular flexibility index (Phi) is 3.52. The van der Waals surface area contributed by atoms with Gasteiger partial charge in [0.05, 0.1) is 0 Å². The molecule has 3 nitrogen and oxygen atoms in total. The van der Waals surface area contributed by atoms with Crippen LogP contribution in [0.5, 0.6) is 0 Å². The predicted octanol–water partition coefficient (Wildman–Crippen LogP) is 5.37. The van der Waals surface area contributed by atoms with Crippen LogP contribution in [0.15, 0.2) is 66.7 Å². The summed E-state index contributed by atoms with van der Waals surface area (Å²) in [5.74, 6) is 0.744. The summed E-state index contributed by atoms with van der Waals surface area (Å²) in [6.07, 6.45) is 0. The van der Waals surface area contributed by atoms with E-state index in [1.807, 2.05) is 65.1 Å². The maximum Gasteiger partial charge on any atom is 0.167 e. The number of hydrogen-bond donors (Lipinski definition) is 0. The van der Waals surface area contributed by atoms with Crippen molar-refractivity contribution in [3.8, 4) is 22.6 Å². The molecule has 0 aliphatic carbocycles. The van der Waals surface area contributed by atoms with Gasteiger partial charge in [-0.25, -0.2) is 9.97 Å². The first-order chi connectivity index (χ1) is 11.2. The molecule has 0 spiro atoms. The Balaban J connectivity index is 2.09. The molecule has 0 aliphatic rings. The number of hydrogen-bond acceptors (Lipinski definition) is 2. The third kappa shape index (κ3) is 2.48. The van der Waals surface area contributed by atoms with Crippen LogP contribution in [0, 0.1) is 0 Å². The molecule has 0 saturated heterocycles. The highest BCUT2D eigenvalue weighted by Crippen LogP contribution is 2.32. The first kappa shape index (κ1) is 14.2. The van der Waals surface area contributed by atoms with E-state index in [0.717, 1.165) is 22.6 Å². The summed E-state index contributed by atoms with van der Waals surface area (Å²) in [5, 5.41) is 0.827. The van der Waals surface area contributed by atoms with Gasteiger partial charge in [0.25, 0.3) is 0 Å². The van der Waals surface area contributed by atoms with Crippen molar-refractivity contribution in [1.82, 2.24) is 14.4 Å². The highest BCUT2D eigenvalue weighted by Gasteiger charge is 2.18. The van der Waals surface area contributed by atoms with Crippen LogP contribution in [-0.4, -0.2) is 14.4 Å². The highest BCUT2D eigenvalue weighted by molar-refractivity contribution is 6.33. The van der Waals surface area contributed by atoms with Crippen LogP contribution < -0.4 is 0 Å². The van der Waals surface area contributed by atoms with Gasteiger partial charge in [0, 0.05) is 17.2 Å². The van der Waals surface area contributed by atoms with E-state index in [9.17, 15) is 0 Å². The molecule has 2 aromatic heterocycles. The Hall–Kier alpha value is -2.36. The summed E-state index contributed by atoms with van der Waals surface area (Å²) in [5.41, 5.74) is 3.34. The molecule has 4 rings (SSSR count). The van der Waals surface area contributed by atoms with Crippen molar-refractivity contribution in [3.05, 3.63) is 77.0 Å². The molecule has 4 aromatic rings. The second-order valence-corrected chi connectivity index (χ2v) is 5.85. The number of aromatic nitrogens is 3. The smallest absolute Gasteiger partial charge is 0.167 e. The van der Waals surface area contributed by atoms with E-state index in [0.29, 0.717) is 16.0 Å². The quantitative estimate of drug-likeness (QED) is 0.459. The van der Waals surface area contributed by atoms with Crippen LogP contribution in [0.25, 0.3) is 28.3 Å². The van der Waals surface area contributed by atoms with Gasteiger partial charge in [-0.15, -0.1) is 0 Å². The lowest BCUT2D eigenvalue weighted by atomic mass is 10.1. The van der Waals surface area contributed by atoms with Crippen LogP contribution >= 0.6 is 23.2 Å². The lowest BCUT2D eigenvalue weighted by Crippen LogP contribution is -1.93. The molecule has 0 atom stereocenters. The molecule has 0 saturated carbocycles. The Morgan fingerprint density at radius 3 is 2.00 bits per heavy atom. The van der Waals surface area contributed by atoms with Gasteiger partial charge >= 0.3 is 0 Å². The zero-order valence-corrected chi connectivity index (χ0v) is 13.5. The third-order valence-corrected chi connectivity index (χ3v) is 4.07. The Bertz CT molecular complexity index is 980. The summed E-state index contributed by atoms with van der Waals surface area (Å²) < 4.78 is 1.82. The van der Waals surface area contributed by atoms with Crippen LogP contribution in [-0.2, 0) is 0 Å². The number of fused-ring (bicyclic) bond motifs is 1. The molecule has 23 heavy (non-hydrogen) atoms. The zero-order chi connectivity index (χ0) is 15.8. The second kappa shape index (κ2) is 5.69. The Morgan fingerprint density at radius 1 is 0.739 bits per heavy atom. The highest BCUT2D eigenvalue weighted by atomic mass is 35.5. The summed E-state index contributed by atoms with van der Waals surface area (Å²) in [7, 11) is 0. The van der Waals surface area contributed by atoms with Crippen molar-refractivity contribution < 1.29 is 0 Å². The Morgan fingerprint density at radius 2 is 1.35 bits per heavy atom. The minimum Gasteiger partial charge on any atom is -0.266 e. The topological polar surface area (TPSA) is 30.2 Å². The van der Waals surface area contributed by atoms with Gasteiger partial charge in [-0.05, 0) is 0 Å². The van der Waals surface area contributed by atoms with Gasteiger partial charge in [-0.2, -0.15) is 0 Å². The maximum atomic E-state index is 6.42. The average molecular weight is 340 g/mol. The fourth-order valence-electron chi connectivity index (χ4n) is 2.58. The van der Waals surface area contributed by atoms with Crippen molar-refractivity contribution in [2.45, 2.75) is 0 Å². The first-order valence-corrected chi connectivity index (χ1v) is 7.85. The molecule has 5 heteroatoms. The summed E-state index contributed by atoms with van der Waals surface area (Å²) in [4.78, 5) is 9.23. The predicted molar refractivity (Wildman–Crippen MR) is 93.9 cm³/mol. The van der Waals surface area contributed by atoms with Crippen molar-refractivity contribution in [2.75, 3.05) is 0 Å². The van der Waals surface area contributed by atoms with E-state index >= 15 is 0 Å². The minimum atomic E-state index is 0.346. The van der Waals surface area contributed by atoms with Crippen LogP contribution in [0.2, 0.25) is 10.3 Å². The summed E-state index contributed by atoms with van der Waals surface area (Å²) >= 11 is 12.5. The number of rotatable bonds is 2.